The molecule has 0 aromatic heterocycles. The van der Waals surface area contributed by atoms with E-state index in [2.05, 4.69) is 44.8 Å². The number of nitrogens with one attached hydrogen (secondary N) is 1. The average Bonchev–Trinajstić information content (AvgIpc) is 2.26. The highest BCUT2D eigenvalue weighted by Crippen LogP contribution is 2.05. The van der Waals surface area contributed by atoms with Crippen molar-refractivity contribution in [2.24, 2.45) is 11.8 Å². The molecule has 0 aliphatic carbocycles. The number of hydrogen-bond donors (Lipinski definition) is 1. The van der Waals surface area contributed by atoms with Crippen LogP contribution in [0.25, 0.3) is 0 Å². The Hall–Kier alpha value is -0.0800. The predicted octanol–water partition coefficient (Wildman–Crippen LogP) is 3.38. The first-order valence-corrected chi connectivity index (χ1v) is 7.49. The molecule has 0 amide bonds. The Balaban J connectivity index is 3.75. The molecule has 0 heterocycles. The first-order chi connectivity index (χ1) is 8.06. The molecule has 17 heavy (non-hydrogen) atoms. The first kappa shape index (κ1) is 16.9. The highest BCUT2D eigenvalue weighted by atomic mass is 15.1. The van der Waals surface area contributed by atoms with Crippen LogP contribution in [0.5, 0.6) is 0 Å². The van der Waals surface area contributed by atoms with Gasteiger partial charge in [0, 0.05) is 13.1 Å². The van der Waals surface area contributed by atoms with Crippen LogP contribution in [0.4, 0.5) is 0 Å². The zero-order valence-corrected chi connectivity index (χ0v) is 12.8. The Labute approximate surface area is 109 Å². The molecule has 0 radical (unpaired) electrons. The molecule has 0 atom stereocenters. The van der Waals surface area contributed by atoms with Crippen molar-refractivity contribution in [1.29, 1.82) is 0 Å². The summed E-state index contributed by atoms with van der Waals surface area (Å²) in [6, 6.07) is 0. The summed E-state index contributed by atoms with van der Waals surface area (Å²) < 4.78 is 0. The minimum absolute atomic E-state index is 0.820. The number of hydrogen-bond acceptors (Lipinski definition) is 2. The minimum atomic E-state index is 0.820. The third-order valence-corrected chi connectivity index (χ3v) is 3.08. The summed E-state index contributed by atoms with van der Waals surface area (Å²) >= 11 is 0. The maximum Gasteiger partial charge on any atom is 0.0107 e. The Bertz CT molecular complexity index is 143. The van der Waals surface area contributed by atoms with Gasteiger partial charge in [0.25, 0.3) is 0 Å². The normalized spacial score (nSPS) is 12.0. The molecule has 1 N–H and O–H groups in total. The molecular weight excluding hydrogens is 208 g/mol. The summed E-state index contributed by atoms with van der Waals surface area (Å²) in [5, 5.41) is 3.50. The highest BCUT2D eigenvalue weighted by molar-refractivity contribution is 4.62. The molecule has 0 aliphatic heterocycles. The fraction of sp³-hybridized carbons (Fsp3) is 1.00. The summed E-state index contributed by atoms with van der Waals surface area (Å²) in [7, 11) is 0. The van der Waals surface area contributed by atoms with Gasteiger partial charge >= 0.3 is 0 Å². The lowest BCUT2D eigenvalue weighted by molar-refractivity contribution is 0.243. The molecule has 0 aliphatic rings. The van der Waals surface area contributed by atoms with E-state index in [0.29, 0.717) is 0 Å². The van der Waals surface area contributed by atoms with Gasteiger partial charge in [-0.2, -0.15) is 0 Å². The van der Waals surface area contributed by atoms with E-state index in [1.807, 2.05) is 0 Å². The lowest BCUT2D eigenvalue weighted by Gasteiger charge is -2.24. The minimum Gasteiger partial charge on any atom is -0.315 e. The smallest absolute Gasteiger partial charge is 0.0107 e. The summed E-state index contributed by atoms with van der Waals surface area (Å²) in [6.07, 6.45) is 3.88. The SMILES string of the molecule is CCCNCCN(CCC(C)C)CCC(C)C. The summed E-state index contributed by atoms with van der Waals surface area (Å²) in [4.78, 5) is 2.63. The van der Waals surface area contributed by atoms with Crippen molar-refractivity contribution in [2.45, 2.75) is 53.9 Å². The lowest BCUT2D eigenvalue weighted by atomic mass is 10.1. The molecule has 0 saturated carbocycles. The molecule has 0 bridgehead atoms. The van der Waals surface area contributed by atoms with Gasteiger partial charge in [0.15, 0.2) is 0 Å². The van der Waals surface area contributed by atoms with E-state index in [0.717, 1.165) is 24.9 Å². The maximum absolute atomic E-state index is 3.50. The van der Waals surface area contributed by atoms with Crippen molar-refractivity contribution in [1.82, 2.24) is 10.2 Å². The Morgan fingerprint density at radius 2 is 1.35 bits per heavy atom. The summed E-state index contributed by atoms with van der Waals surface area (Å²) in [5.74, 6) is 1.64. The van der Waals surface area contributed by atoms with Crippen molar-refractivity contribution in [3.8, 4) is 0 Å². The number of nitrogens with zero attached hydrogens (tertiary/aromatic N) is 1. The summed E-state index contributed by atoms with van der Waals surface area (Å²) in [5.41, 5.74) is 0. The summed E-state index contributed by atoms with van der Waals surface area (Å²) in [6.45, 7) is 17.5. The van der Waals surface area contributed by atoms with E-state index in [9.17, 15) is 0 Å². The standard InChI is InChI=1S/C15H34N2/c1-6-9-16-10-13-17(11-7-14(2)3)12-8-15(4)5/h14-16H,6-13H2,1-5H3. The Kier molecular flexibility index (Phi) is 11.0. The van der Waals surface area contributed by atoms with Crippen molar-refractivity contribution < 1.29 is 0 Å². The molecule has 104 valence electrons. The van der Waals surface area contributed by atoms with Crippen LogP contribution < -0.4 is 5.32 Å². The van der Waals surface area contributed by atoms with E-state index < -0.39 is 0 Å². The van der Waals surface area contributed by atoms with E-state index in [4.69, 9.17) is 0 Å². The zero-order valence-electron chi connectivity index (χ0n) is 12.8. The van der Waals surface area contributed by atoms with Crippen LogP contribution >= 0.6 is 0 Å². The van der Waals surface area contributed by atoms with Gasteiger partial charge in [-0.25, -0.2) is 0 Å². The third-order valence-electron chi connectivity index (χ3n) is 3.08. The van der Waals surface area contributed by atoms with E-state index in [1.165, 1.54) is 38.9 Å². The van der Waals surface area contributed by atoms with Crippen LogP contribution in [0.1, 0.15) is 53.9 Å². The Morgan fingerprint density at radius 1 is 0.824 bits per heavy atom. The van der Waals surface area contributed by atoms with Crippen LogP contribution in [0.2, 0.25) is 0 Å². The molecule has 2 heteroatoms. The molecule has 0 aromatic rings. The second-order valence-electron chi connectivity index (χ2n) is 5.96. The van der Waals surface area contributed by atoms with Crippen molar-refractivity contribution >= 4 is 0 Å². The highest BCUT2D eigenvalue weighted by Gasteiger charge is 2.06. The molecule has 0 rings (SSSR count). The monoisotopic (exact) mass is 242 g/mol. The van der Waals surface area contributed by atoms with Gasteiger partial charge in [0.2, 0.25) is 0 Å². The fourth-order valence-electron chi connectivity index (χ4n) is 1.76. The molecular formula is C15H34N2. The second-order valence-corrected chi connectivity index (χ2v) is 5.96. The van der Waals surface area contributed by atoms with Gasteiger partial charge in [0.05, 0.1) is 0 Å². The topological polar surface area (TPSA) is 15.3 Å². The maximum atomic E-state index is 3.50. The van der Waals surface area contributed by atoms with E-state index in [1.54, 1.807) is 0 Å². The van der Waals surface area contributed by atoms with Gasteiger partial charge in [0.1, 0.15) is 0 Å². The van der Waals surface area contributed by atoms with E-state index in [-0.39, 0.29) is 0 Å². The Morgan fingerprint density at radius 3 is 1.76 bits per heavy atom. The first-order valence-electron chi connectivity index (χ1n) is 7.49. The van der Waals surface area contributed by atoms with Gasteiger partial charge in [-0.15, -0.1) is 0 Å². The van der Waals surface area contributed by atoms with E-state index >= 15 is 0 Å². The van der Waals surface area contributed by atoms with Crippen LogP contribution in [0, 0.1) is 11.8 Å². The van der Waals surface area contributed by atoms with Crippen molar-refractivity contribution in [3.63, 3.8) is 0 Å². The van der Waals surface area contributed by atoms with Crippen molar-refractivity contribution in [3.05, 3.63) is 0 Å². The van der Waals surface area contributed by atoms with Gasteiger partial charge < -0.3 is 10.2 Å². The van der Waals surface area contributed by atoms with Crippen LogP contribution in [0.15, 0.2) is 0 Å². The lowest BCUT2D eigenvalue weighted by Crippen LogP contribution is -2.34. The van der Waals surface area contributed by atoms with Crippen LogP contribution in [-0.4, -0.2) is 37.6 Å². The van der Waals surface area contributed by atoms with Crippen molar-refractivity contribution in [2.75, 3.05) is 32.7 Å². The predicted molar refractivity (Wildman–Crippen MR) is 78.5 cm³/mol. The van der Waals surface area contributed by atoms with Gasteiger partial charge in [-0.1, -0.05) is 34.6 Å². The largest absolute Gasteiger partial charge is 0.315 e. The molecule has 0 unspecified atom stereocenters. The molecule has 0 aromatic carbocycles. The second kappa shape index (κ2) is 11.0. The molecule has 0 fully saturated rings. The van der Waals surface area contributed by atoms with Gasteiger partial charge in [-0.05, 0) is 50.7 Å². The fourth-order valence-corrected chi connectivity index (χ4v) is 1.76. The average molecular weight is 242 g/mol. The zero-order chi connectivity index (χ0) is 13.1. The third kappa shape index (κ3) is 12.2. The quantitative estimate of drug-likeness (QED) is 0.559. The van der Waals surface area contributed by atoms with Gasteiger partial charge in [-0.3, -0.25) is 0 Å². The number of rotatable bonds is 11. The van der Waals surface area contributed by atoms with Crippen LogP contribution in [0.3, 0.4) is 0 Å². The molecule has 0 spiro atoms. The van der Waals surface area contributed by atoms with Crippen LogP contribution in [-0.2, 0) is 0 Å². The molecule has 2 nitrogen and oxygen atoms in total. The molecule has 0 saturated heterocycles.